The lowest BCUT2D eigenvalue weighted by Gasteiger charge is -2.32. The number of ketones is 1. The molecule has 1 aliphatic carbocycles. The number of nitrogens with one attached hydrogen (secondary N) is 1. The minimum Gasteiger partial charge on any atom is -0.465 e. The molecule has 0 bridgehead atoms. The molecule has 0 aromatic rings. The van der Waals surface area contributed by atoms with Gasteiger partial charge < -0.3 is 10.4 Å². The Hall–Kier alpha value is -1.06. The molecule has 68 valence electrons. The van der Waals surface area contributed by atoms with Gasteiger partial charge >= 0.3 is 6.09 Å². The molecule has 1 fully saturated rings. The van der Waals surface area contributed by atoms with E-state index in [0.717, 1.165) is 0 Å². The summed E-state index contributed by atoms with van der Waals surface area (Å²) in [6.45, 7) is 1.84. The predicted molar refractivity (Wildman–Crippen MR) is 43.0 cm³/mol. The minimum absolute atomic E-state index is 0.236. The Morgan fingerprint density at radius 1 is 1.50 bits per heavy atom. The molecule has 4 heteroatoms. The van der Waals surface area contributed by atoms with E-state index in [4.69, 9.17) is 5.11 Å². The van der Waals surface area contributed by atoms with Crippen LogP contribution >= 0.6 is 0 Å². The van der Waals surface area contributed by atoms with Crippen LogP contribution in [0.2, 0.25) is 0 Å². The van der Waals surface area contributed by atoms with Crippen LogP contribution in [0.3, 0.4) is 0 Å². The normalized spacial score (nSPS) is 21.9. The van der Waals surface area contributed by atoms with Crippen molar-refractivity contribution in [3.05, 3.63) is 0 Å². The van der Waals surface area contributed by atoms with Crippen molar-refractivity contribution in [3.8, 4) is 0 Å². The fourth-order valence-electron chi connectivity index (χ4n) is 1.46. The van der Waals surface area contributed by atoms with E-state index in [2.05, 4.69) is 5.32 Å². The van der Waals surface area contributed by atoms with Gasteiger partial charge in [-0.1, -0.05) is 0 Å². The van der Waals surface area contributed by atoms with E-state index >= 15 is 0 Å². The van der Waals surface area contributed by atoms with Crippen molar-refractivity contribution in [3.63, 3.8) is 0 Å². The van der Waals surface area contributed by atoms with E-state index in [1.807, 2.05) is 6.92 Å². The highest BCUT2D eigenvalue weighted by Crippen LogP contribution is 2.25. The van der Waals surface area contributed by atoms with Crippen molar-refractivity contribution in [2.24, 2.45) is 0 Å². The first-order valence-corrected chi connectivity index (χ1v) is 4.05. The average molecular weight is 171 g/mol. The summed E-state index contributed by atoms with van der Waals surface area (Å²) >= 11 is 0. The van der Waals surface area contributed by atoms with Gasteiger partial charge in [-0.15, -0.1) is 0 Å². The zero-order chi connectivity index (χ0) is 9.19. The van der Waals surface area contributed by atoms with Crippen LogP contribution in [-0.2, 0) is 4.79 Å². The van der Waals surface area contributed by atoms with E-state index in [0.29, 0.717) is 25.7 Å². The maximum Gasteiger partial charge on any atom is 0.405 e. The summed E-state index contributed by atoms with van der Waals surface area (Å²) in [7, 11) is 0. The third kappa shape index (κ3) is 2.22. The number of rotatable bonds is 1. The van der Waals surface area contributed by atoms with Gasteiger partial charge in [0.1, 0.15) is 5.78 Å². The quantitative estimate of drug-likeness (QED) is 0.622. The molecule has 4 nitrogen and oxygen atoms in total. The number of amides is 1. The molecule has 1 amide bonds. The topological polar surface area (TPSA) is 66.4 Å². The van der Waals surface area contributed by atoms with Gasteiger partial charge in [0, 0.05) is 18.4 Å². The average Bonchev–Trinajstić information content (AvgIpc) is 1.94. The van der Waals surface area contributed by atoms with E-state index in [1.54, 1.807) is 0 Å². The van der Waals surface area contributed by atoms with Gasteiger partial charge in [-0.05, 0) is 19.8 Å². The van der Waals surface area contributed by atoms with Gasteiger partial charge in [0.25, 0.3) is 0 Å². The van der Waals surface area contributed by atoms with Crippen molar-refractivity contribution in [1.29, 1.82) is 0 Å². The van der Waals surface area contributed by atoms with Crippen LogP contribution < -0.4 is 5.32 Å². The van der Waals surface area contributed by atoms with Crippen LogP contribution in [0, 0.1) is 0 Å². The van der Waals surface area contributed by atoms with Crippen LogP contribution in [0.4, 0.5) is 4.79 Å². The fraction of sp³-hybridized carbons (Fsp3) is 0.750. The maximum atomic E-state index is 10.9. The Balaban J connectivity index is 2.49. The van der Waals surface area contributed by atoms with E-state index in [1.165, 1.54) is 0 Å². The zero-order valence-corrected chi connectivity index (χ0v) is 7.09. The summed E-state index contributed by atoms with van der Waals surface area (Å²) < 4.78 is 0. The SMILES string of the molecule is CC1(NC(=O)O)CCC(=O)CC1. The van der Waals surface area contributed by atoms with Crippen molar-refractivity contribution < 1.29 is 14.7 Å². The van der Waals surface area contributed by atoms with Crippen molar-refractivity contribution >= 4 is 11.9 Å². The number of hydrogen-bond acceptors (Lipinski definition) is 2. The van der Waals surface area contributed by atoms with Crippen LogP contribution in [0.25, 0.3) is 0 Å². The van der Waals surface area contributed by atoms with Gasteiger partial charge in [0.2, 0.25) is 0 Å². The Morgan fingerprint density at radius 2 is 2.00 bits per heavy atom. The molecule has 0 saturated heterocycles. The summed E-state index contributed by atoms with van der Waals surface area (Å²) in [6.07, 6.45) is 1.23. The smallest absolute Gasteiger partial charge is 0.405 e. The Labute approximate surface area is 71.0 Å². The molecule has 0 aromatic heterocycles. The highest BCUT2D eigenvalue weighted by molar-refractivity contribution is 5.79. The first-order chi connectivity index (χ1) is 5.52. The lowest BCUT2D eigenvalue weighted by Crippen LogP contribution is -2.47. The molecule has 0 spiro atoms. The summed E-state index contributed by atoms with van der Waals surface area (Å²) in [6, 6.07) is 0. The third-order valence-electron chi connectivity index (χ3n) is 2.32. The molecule has 1 aliphatic rings. The van der Waals surface area contributed by atoms with Crippen molar-refractivity contribution in [1.82, 2.24) is 5.32 Å². The molecule has 0 aromatic carbocycles. The lowest BCUT2D eigenvalue weighted by atomic mass is 9.83. The number of carboxylic acid groups (broad SMARTS) is 1. The summed E-state index contributed by atoms with van der Waals surface area (Å²) in [4.78, 5) is 21.2. The summed E-state index contributed by atoms with van der Waals surface area (Å²) in [5, 5.41) is 10.9. The Bertz CT molecular complexity index is 202. The molecule has 0 radical (unpaired) electrons. The second kappa shape index (κ2) is 3.13. The standard InChI is InChI=1S/C8H13NO3/c1-8(9-7(11)12)4-2-6(10)3-5-8/h9H,2-5H2,1H3,(H,11,12). The summed E-state index contributed by atoms with van der Waals surface area (Å²) in [5.74, 6) is 0.236. The molecule has 0 heterocycles. The fourth-order valence-corrected chi connectivity index (χ4v) is 1.46. The monoisotopic (exact) mass is 171 g/mol. The summed E-state index contributed by atoms with van der Waals surface area (Å²) in [5.41, 5.74) is -0.389. The second-order valence-corrected chi connectivity index (χ2v) is 3.53. The predicted octanol–water partition coefficient (Wildman–Crippen LogP) is 1.16. The highest BCUT2D eigenvalue weighted by Gasteiger charge is 2.31. The van der Waals surface area contributed by atoms with Crippen LogP contribution in [-0.4, -0.2) is 22.5 Å². The molecule has 0 aliphatic heterocycles. The highest BCUT2D eigenvalue weighted by atomic mass is 16.4. The van der Waals surface area contributed by atoms with E-state index in [-0.39, 0.29) is 11.3 Å². The second-order valence-electron chi connectivity index (χ2n) is 3.53. The third-order valence-corrected chi connectivity index (χ3v) is 2.32. The van der Waals surface area contributed by atoms with E-state index in [9.17, 15) is 9.59 Å². The number of hydrogen-bond donors (Lipinski definition) is 2. The number of carbonyl (C=O) groups excluding carboxylic acids is 1. The van der Waals surface area contributed by atoms with Crippen LogP contribution in [0.5, 0.6) is 0 Å². The zero-order valence-electron chi connectivity index (χ0n) is 7.09. The number of Topliss-reactive ketones (excluding diaryl/α,β-unsaturated/α-hetero) is 1. The maximum absolute atomic E-state index is 10.9. The first kappa shape index (κ1) is 9.03. The molecule has 1 rings (SSSR count). The first-order valence-electron chi connectivity index (χ1n) is 4.05. The minimum atomic E-state index is -1.01. The van der Waals surface area contributed by atoms with Crippen molar-refractivity contribution in [2.45, 2.75) is 38.1 Å². The molecule has 0 unspecified atom stereocenters. The molecule has 2 N–H and O–H groups in total. The molecular weight excluding hydrogens is 158 g/mol. The number of carbonyl (C=O) groups is 2. The van der Waals surface area contributed by atoms with Gasteiger partial charge in [0.15, 0.2) is 0 Å². The molecular formula is C8H13NO3. The van der Waals surface area contributed by atoms with Gasteiger partial charge in [-0.3, -0.25) is 4.79 Å². The van der Waals surface area contributed by atoms with Gasteiger partial charge in [-0.2, -0.15) is 0 Å². The van der Waals surface area contributed by atoms with Crippen LogP contribution in [0.1, 0.15) is 32.6 Å². The van der Waals surface area contributed by atoms with Gasteiger partial charge in [-0.25, -0.2) is 4.79 Å². The van der Waals surface area contributed by atoms with E-state index < -0.39 is 6.09 Å². The van der Waals surface area contributed by atoms with Crippen LogP contribution in [0.15, 0.2) is 0 Å². The molecule has 1 saturated carbocycles. The molecule has 0 atom stereocenters. The van der Waals surface area contributed by atoms with Gasteiger partial charge in [0.05, 0.1) is 0 Å². The lowest BCUT2D eigenvalue weighted by molar-refractivity contribution is -0.121. The van der Waals surface area contributed by atoms with Crippen molar-refractivity contribution in [2.75, 3.05) is 0 Å². The molecule has 12 heavy (non-hydrogen) atoms. The Morgan fingerprint density at radius 3 is 2.42 bits per heavy atom. The largest absolute Gasteiger partial charge is 0.465 e. The Kier molecular flexibility index (Phi) is 2.35.